The molecular weight excluding hydrogens is 246 g/mol. The average Bonchev–Trinajstić information content (AvgIpc) is 2.77. The lowest BCUT2D eigenvalue weighted by molar-refractivity contribution is -0.112. The van der Waals surface area contributed by atoms with Crippen LogP contribution in [-0.4, -0.2) is 30.8 Å². The third kappa shape index (κ3) is 3.69. The van der Waals surface area contributed by atoms with Crippen molar-refractivity contribution in [3.63, 3.8) is 0 Å². The summed E-state index contributed by atoms with van der Waals surface area (Å²) < 4.78 is 0. The lowest BCUT2D eigenvalue weighted by atomic mass is 9.83. The molecule has 1 aliphatic carbocycles. The number of hydrogen-bond acceptors (Lipinski definition) is 2. The van der Waals surface area contributed by atoms with Gasteiger partial charge in [0.05, 0.1) is 5.41 Å². The van der Waals surface area contributed by atoms with Gasteiger partial charge >= 0.3 is 0 Å². The van der Waals surface area contributed by atoms with Crippen molar-refractivity contribution in [2.24, 2.45) is 0 Å². The highest BCUT2D eigenvalue weighted by molar-refractivity contribution is 5.68. The first-order valence-electron chi connectivity index (χ1n) is 7.88. The van der Waals surface area contributed by atoms with Crippen LogP contribution in [-0.2, 0) is 10.2 Å². The Balaban J connectivity index is 2.07. The molecule has 2 nitrogen and oxygen atoms in total. The molecule has 0 N–H and O–H groups in total. The van der Waals surface area contributed by atoms with Crippen LogP contribution in [0.3, 0.4) is 0 Å². The molecule has 1 aliphatic rings. The predicted molar refractivity (Wildman–Crippen MR) is 84.0 cm³/mol. The van der Waals surface area contributed by atoms with E-state index < -0.39 is 5.41 Å². The minimum absolute atomic E-state index is 0.400. The molecule has 0 aliphatic heterocycles. The SMILES string of the molecule is CN(CC(C)(C=O)c1ccccc1)C1CCCCCC1. The number of aldehydes is 1. The van der Waals surface area contributed by atoms with Crippen molar-refractivity contribution in [1.29, 1.82) is 0 Å². The van der Waals surface area contributed by atoms with Crippen LogP contribution in [0.4, 0.5) is 0 Å². The standard InChI is InChI=1S/C18H27NO/c1-18(15-20,16-10-6-5-7-11-16)14-19(2)17-12-8-3-4-9-13-17/h5-7,10-11,15,17H,3-4,8-9,12-14H2,1-2H3. The molecule has 1 atom stereocenters. The summed E-state index contributed by atoms with van der Waals surface area (Å²) >= 11 is 0. The Labute approximate surface area is 123 Å². The Kier molecular flexibility index (Phi) is 5.36. The molecule has 1 aromatic rings. The number of carbonyl (C=O) groups is 1. The lowest BCUT2D eigenvalue weighted by Gasteiger charge is -2.34. The highest BCUT2D eigenvalue weighted by Crippen LogP contribution is 2.26. The Hall–Kier alpha value is -1.15. The molecular formula is C18H27NO. The Morgan fingerprint density at radius 3 is 2.30 bits per heavy atom. The number of benzene rings is 1. The Morgan fingerprint density at radius 1 is 1.15 bits per heavy atom. The first-order valence-corrected chi connectivity index (χ1v) is 7.88. The van der Waals surface area contributed by atoms with Crippen LogP contribution in [0.5, 0.6) is 0 Å². The maximum Gasteiger partial charge on any atom is 0.131 e. The molecule has 2 rings (SSSR count). The average molecular weight is 273 g/mol. The van der Waals surface area contributed by atoms with Crippen molar-refractivity contribution < 1.29 is 4.79 Å². The fourth-order valence-electron chi connectivity index (χ4n) is 3.36. The van der Waals surface area contributed by atoms with Gasteiger partial charge in [-0.3, -0.25) is 0 Å². The second-order valence-electron chi connectivity index (χ2n) is 6.46. The third-order valence-corrected chi connectivity index (χ3v) is 4.72. The molecule has 1 saturated carbocycles. The maximum absolute atomic E-state index is 11.7. The van der Waals surface area contributed by atoms with E-state index in [0.717, 1.165) is 18.4 Å². The molecule has 0 aromatic heterocycles. The molecule has 1 unspecified atom stereocenters. The summed E-state index contributed by atoms with van der Waals surface area (Å²) in [6.07, 6.45) is 9.08. The van der Waals surface area contributed by atoms with Crippen LogP contribution in [0.25, 0.3) is 0 Å². The lowest BCUT2D eigenvalue weighted by Crippen LogP contribution is -2.43. The summed E-state index contributed by atoms with van der Waals surface area (Å²) in [6, 6.07) is 10.8. The molecule has 2 heteroatoms. The second kappa shape index (κ2) is 7.03. The highest BCUT2D eigenvalue weighted by Gasteiger charge is 2.30. The van der Waals surface area contributed by atoms with Crippen LogP contribution in [0.15, 0.2) is 30.3 Å². The Morgan fingerprint density at radius 2 is 1.75 bits per heavy atom. The van der Waals surface area contributed by atoms with Gasteiger partial charge in [-0.25, -0.2) is 0 Å². The normalized spacial score (nSPS) is 20.4. The van der Waals surface area contributed by atoms with Crippen molar-refractivity contribution in [3.05, 3.63) is 35.9 Å². The van der Waals surface area contributed by atoms with Crippen molar-refractivity contribution in [2.45, 2.75) is 56.9 Å². The minimum Gasteiger partial charge on any atom is -0.302 e. The highest BCUT2D eigenvalue weighted by atomic mass is 16.1. The number of hydrogen-bond donors (Lipinski definition) is 0. The summed E-state index contributed by atoms with van der Waals surface area (Å²) in [7, 11) is 2.18. The summed E-state index contributed by atoms with van der Waals surface area (Å²) in [4.78, 5) is 14.1. The number of nitrogens with zero attached hydrogens (tertiary/aromatic N) is 1. The molecule has 1 fully saturated rings. The van der Waals surface area contributed by atoms with E-state index in [4.69, 9.17) is 0 Å². The maximum atomic E-state index is 11.7. The fourth-order valence-corrected chi connectivity index (χ4v) is 3.36. The molecule has 1 aromatic carbocycles. The first kappa shape index (κ1) is 15.2. The van der Waals surface area contributed by atoms with Crippen molar-refractivity contribution >= 4 is 6.29 Å². The largest absolute Gasteiger partial charge is 0.302 e. The van der Waals surface area contributed by atoms with Gasteiger partial charge in [0.1, 0.15) is 6.29 Å². The van der Waals surface area contributed by atoms with Gasteiger partial charge < -0.3 is 9.69 Å². The van der Waals surface area contributed by atoms with Crippen LogP contribution in [0.1, 0.15) is 51.0 Å². The summed E-state index contributed by atoms with van der Waals surface area (Å²) in [6.45, 7) is 2.87. The van der Waals surface area contributed by atoms with Crippen LogP contribution in [0.2, 0.25) is 0 Å². The van der Waals surface area contributed by atoms with E-state index in [1.54, 1.807) is 0 Å². The molecule has 0 radical (unpaired) electrons. The zero-order valence-corrected chi connectivity index (χ0v) is 12.8. The van der Waals surface area contributed by atoms with Crippen molar-refractivity contribution in [2.75, 3.05) is 13.6 Å². The smallest absolute Gasteiger partial charge is 0.131 e. The van der Waals surface area contributed by atoms with E-state index in [-0.39, 0.29) is 0 Å². The van der Waals surface area contributed by atoms with E-state index >= 15 is 0 Å². The van der Waals surface area contributed by atoms with E-state index in [2.05, 4.69) is 31.0 Å². The van der Waals surface area contributed by atoms with Gasteiger partial charge in [-0.05, 0) is 32.4 Å². The van der Waals surface area contributed by atoms with E-state index in [9.17, 15) is 4.79 Å². The number of carbonyl (C=O) groups excluding carboxylic acids is 1. The summed E-state index contributed by atoms with van der Waals surface area (Å²) in [5, 5.41) is 0. The van der Waals surface area contributed by atoms with Gasteiger partial charge in [0.15, 0.2) is 0 Å². The fraction of sp³-hybridized carbons (Fsp3) is 0.611. The molecule has 20 heavy (non-hydrogen) atoms. The number of likely N-dealkylation sites (N-methyl/N-ethyl adjacent to an activating group) is 1. The van der Waals surface area contributed by atoms with Crippen LogP contribution < -0.4 is 0 Å². The molecule has 0 amide bonds. The zero-order valence-electron chi connectivity index (χ0n) is 12.8. The third-order valence-electron chi connectivity index (χ3n) is 4.72. The molecule has 0 bridgehead atoms. The number of rotatable bonds is 5. The van der Waals surface area contributed by atoms with E-state index in [1.165, 1.54) is 38.5 Å². The van der Waals surface area contributed by atoms with Crippen LogP contribution in [0, 0.1) is 0 Å². The first-order chi connectivity index (χ1) is 9.65. The van der Waals surface area contributed by atoms with Gasteiger partial charge in [0, 0.05) is 12.6 Å². The van der Waals surface area contributed by atoms with Gasteiger partial charge in [0.2, 0.25) is 0 Å². The van der Waals surface area contributed by atoms with Gasteiger partial charge in [-0.2, -0.15) is 0 Å². The predicted octanol–water partition coefficient (Wildman–Crippen LogP) is 3.80. The van der Waals surface area contributed by atoms with Gasteiger partial charge in [0.25, 0.3) is 0 Å². The van der Waals surface area contributed by atoms with Gasteiger partial charge in [-0.1, -0.05) is 56.0 Å². The van der Waals surface area contributed by atoms with E-state index in [0.29, 0.717) is 6.04 Å². The quantitative estimate of drug-likeness (QED) is 0.601. The van der Waals surface area contributed by atoms with Gasteiger partial charge in [-0.15, -0.1) is 0 Å². The minimum atomic E-state index is -0.400. The summed E-state index contributed by atoms with van der Waals surface area (Å²) in [5.41, 5.74) is 0.720. The molecule has 110 valence electrons. The second-order valence-corrected chi connectivity index (χ2v) is 6.46. The van der Waals surface area contributed by atoms with Crippen molar-refractivity contribution in [3.8, 4) is 0 Å². The van der Waals surface area contributed by atoms with E-state index in [1.807, 2.05) is 18.2 Å². The Bertz CT molecular complexity index is 409. The van der Waals surface area contributed by atoms with Crippen LogP contribution >= 0.6 is 0 Å². The summed E-state index contributed by atoms with van der Waals surface area (Å²) in [5.74, 6) is 0. The van der Waals surface area contributed by atoms with Crippen molar-refractivity contribution in [1.82, 2.24) is 4.90 Å². The zero-order chi connectivity index (χ0) is 14.4. The monoisotopic (exact) mass is 273 g/mol. The molecule has 0 saturated heterocycles. The molecule has 0 heterocycles. The molecule has 0 spiro atoms. The topological polar surface area (TPSA) is 20.3 Å².